The molecule has 2 amide bonds. The van der Waals surface area contributed by atoms with Gasteiger partial charge in [0.15, 0.2) is 11.1 Å². The number of esters is 1. The van der Waals surface area contributed by atoms with Crippen LogP contribution in [-0.2, 0) is 48.1 Å². The molecule has 2 aromatic carbocycles. The lowest BCUT2D eigenvalue weighted by molar-refractivity contribution is -0.180. The van der Waals surface area contributed by atoms with Crippen molar-refractivity contribution < 1.29 is 33.3 Å². The van der Waals surface area contributed by atoms with E-state index in [2.05, 4.69) is 10.3 Å². The Bertz CT molecular complexity index is 1620. The van der Waals surface area contributed by atoms with Crippen molar-refractivity contribution in [3.8, 4) is 0 Å². The zero-order chi connectivity index (χ0) is 31.4. The van der Waals surface area contributed by atoms with Crippen molar-refractivity contribution in [2.45, 2.75) is 62.1 Å². The van der Waals surface area contributed by atoms with Crippen LogP contribution >= 0.6 is 0 Å². The average Bonchev–Trinajstić information content (AvgIpc) is 3.69. The number of H-pyrrole nitrogens is 1. The first-order valence-corrected chi connectivity index (χ1v) is 15.2. The molecule has 4 N–H and O–H groups in total. The summed E-state index contributed by atoms with van der Waals surface area (Å²) in [5.41, 5.74) is 5.92. The zero-order valence-corrected chi connectivity index (χ0v) is 25.2. The number of nitrogens with one attached hydrogen (secondary N) is 2. The lowest BCUT2D eigenvalue weighted by Crippen LogP contribution is -2.75. The van der Waals surface area contributed by atoms with Crippen molar-refractivity contribution in [3.05, 3.63) is 95.7 Å². The minimum Gasteiger partial charge on any atom is -0.467 e. The molecule has 3 aliphatic rings. The number of nitrogens with zero attached hydrogens (tertiary/aromatic N) is 1. The number of benzene rings is 2. The van der Waals surface area contributed by atoms with Gasteiger partial charge in [0.25, 0.3) is 5.91 Å². The Morgan fingerprint density at radius 3 is 2.69 bits per heavy atom. The molecule has 1 fully saturated rings. The number of methoxy groups -OCH3 is 1. The monoisotopic (exact) mass is 614 g/mol. The van der Waals surface area contributed by atoms with Gasteiger partial charge in [0, 0.05) is 23.1 Å². The molecule has 2 aliphatic heterocycles. The maximum Gasteiger partial charge on any atom is 0.418 e. The first-order chi connectivity index (χ1) is 21.9. The fraction of sp³-hybridized carbons (Fsp3) is 0.382. The number of aromatic nitrogens is 1. The third-order valence-electron chi connectivity index (χ3n) is 8.99. The van der Waals surface area contributed by atoms with E-state index in [0.29, 0.717) is 25.9 Å². The van der Waals surface area contributed by atoms with E-state index in [1.807, 2.05) is 54.6 Å². The number of amides is 2. The molecule has 11 heteroatoms. The summed E-state index contributed by atoms with van der Waals surface area (Å²) in [5.74, 6) is -1.45. The third-order valence-corrected chi connectivity index (χ3v) is 8.99. The molecule has 6 rings (SSSR count). The molecule has 4 atom stereocenters. The molecule has 0 radical (unpaired) electrons. The number of hydrogen-bond acceptors (Lipinski definition) is 9. The summed E-state index contributed by atoms with van der Waals surface area (Å²) in [6, 6.07) is 16.2. The topological polar surface area (TPSA) is 145 Å². The van der Waals surface area contributed by atoms with Gasteiger partial charge < -0.3 is 29.7 Å². The molecule has 1 saturated heterocycles. The van der Waals surface area contributed by atoms with Crippen molar-refractivity contribution in [1.82, 2.24) is 15.2 Å². The predicted octanol–water partition coefficient (Wildman–Crippen LogP) is 3.63. The minimum atomic E-state index is -1.99. The highest BCUT2D eigenvalue weighted by Crippen LogP contribution is 2.48. The smallest absolute Gasteiger partial charge is 0.418 e. The van der Waals surface area contributed by atoms with Crippen LogP contribution in [0.25, 0.3) is 10.9 Å². The number of imide groups is 1. The van der Waals surface area contributed by atoms with Crippen molar-refractivity contribution >= 4 is 28.9 Å². The van der Waals surface area contributed by atoms with Gasteiger partial charge in [0.1, 0.15) is 19.5 Å². The number of aromatic amines is 1. The van der Waals surface area contributed by atoms with E-state index in [1.165, 1.54) is 7.11 Å². The Balaban J connectivity index is 1.47. The number of carbonyl (C=O) groups excluding carboxylic acids is 3. The van der Waals surface area contributed by atoms with Gasteiger partial charge >= 0.3 is 12.1 Å². The van der Waals surface area contributed by atoms with Crippen molar-refractivity contribution in [2.24, 2.45) is 5.73 Å². The Kier molecular flexibility index (Phi) is 8.86. The van der Waals surface area contributed by atoms with Gasteiger partial charge in [-0.1, -0.05) is 66.8 Å². The number of fused-ring (bicyclic) bond motifs is 4. The highest BCUT2D eigenvalue weighted by atomic mass is 16.7. The summed E-state index contributed by atoms with van der Waals surface area (Å²) < 4.78 is 23.5. The zero-order valence-electron chi connectivity index (χ0n) is 25.2. The van der Waals surface area contributed by atoms with Gasteiger partial charge in [-0.25, -0.2) is 14.5 Å². The predicted molar refractivity (Wildman–Crippen MR) is 166 cm³/mol. The number of para-hydroxylation sites is 1. The molecule has 0 bridgehead atoms. The van der Waals surface area contributed by atoms with Crippen LogP contribution in [0.4, 0.5) is 4.79 Å². The van der Waals surface area contributed by atoms with Gasteiger partial charge in [-0.2, -0.15) is 0 Å². The fourth-order valence-electron chi connectivity index (χ4n) is 6.83. The standard InChI is InChI=1S/C34H38N4O7/c1-42-31(40)33(16-9-10-18-35,34-17-8-7-15-29(34)44-22-45-34)38(32(41)43-21-23-11-3-2-4-12-23)30(39)27-19-25-24-13-5-6-14-26(24)37-28(25)20-36-27/h2-8,11-15,17,27,29,36-37H,9-10,16,18-22,35H2,1H3/t27-,29?,33-,34+/m0/s1. The normalized spacial score (nSPS) is 23.2. The van der Waals surface area contributed by atoms with Crippen LogP contribution in [0.15, 0.2) is 78.9 Å². The van der Waals surface area contributed by atoms with Crippen LogP contribution in [-0.4, -0.2) is 71.6 Å². The molecule has 1 aromatic heterocycles. The molecule has 11 nitrogen and oxygen atoms in total. The van der Waals surface area contributed by atoms with Crippen molar-refractivity contribution in [2.75, 3.05) is 20.4 Å². The largest absolute Gasteiger partial charge is 0.467 e. The highest BCUT2D eigenvalue weighted by molar-refractivity contribution is 6.03. The van der Waals surface area contributed by atoms with Crippen LogP contribution in [0.3, 0.4) is 0 Å². The lowest BCUT2D eigenvalue weighted by Gasteiger charge is -2.51. The van der Waals surface area contributed by atoms with E-state index in [1.54, 1.807) is 24.3 Å². The van der Waals surface area contributed by atoms with Gasteiger partial charge in [-0.3, -0.25) is 10.1 Å². The van der Waals surface area contributed by atoms with Crippen molar-refractivity contribution in [3.63, 3.8) is 0 Å². The first kappa shape index (κ1) is 30.7. The third kappa shape index (κ3) is 5.35. The number of nitrogens with two attached hydrogens (primary N) is 1. The fourth-order valence-corrected chi connectivity index (χ4v) is 6.83. The molecule has 3 aromatic rings. The number of rotatable bonds is 10. The second-order valence-electron chi connectivity index (χ2n) is 11.5. The maximum absolute atomic E-state index is 14.9. The van der Waals surface area contributed by atoms with E-state index < -0.39 is 41.3 Å². The number of carbonyl (C=O) groups is 3. The van der Waals surface area contributed by atoms with E-state index in [0.717, 1.165) is 32.6 Å². The van der Waals surface area contributed by atoms with Gasteiger partial charge in [-0.05, 0) is 55.5 Å². The Morgan fingerprint density at radius 2 is 1.89 bits per heavy atom. The second kappa shape index (κ2) is 13.0. The minimum absolute atomic E-state index is 0.00610. The van der Waals surface area contributed by atoms with Crippen LogP contribution in [0.5, 0.6) is 0 Å². The summed E-state index contributed by atoms with van der Waals surface area (Å²) in [7, 11) is 1.24. The molecule has 236 valence electrons. The summed E-state index contributed by atoms with van der Waals surface area (Å²) in [6.07, 6.45) is 6.38. The molecule has 1 unspecified atom stereocenters. The van der Waals surface area contributed by atoms with Gasteiger partial charge in [0.2, 0.25) is 0 Å². The molecule has 1 aliphatic carbocycles. The number of ether oxygens (including phenoxy) is 4. The average molecular weight is 615 g/mol. The lowest BCUT2D eigenvalue weighted by atomic mass is 9.69. The Morgan fingerprint density at radius 1 is 1.09 bits per heavy atom. The summed E-state index contributed by atoms with van der Waals surface area (Å²) in [4.78, 5) is 48.0. The quantitative estimate of drug-likeness (QED) is 0.230. The number of unbranched alkanes of at least 4 members (excludes halogenated alkanes) is 1. The van der Waals surface area contributed by atoms with E-state index in [-0.39, 0.29) is 26.2 Å². The summed E-state index contributed by atoms with van der Waals surface area (Å²) >= 11 is 0. The van der Waals surface area contributed by atoms with E-state index >= 15 is 0 Å². The molecular weight excluding hydrogens is 576 g/mol. The molecule has 45 heavy (non-hydrogen) atoms. The molecule has 0 spiro atoms. The molecular formula is C34H38N4O7. The van der Waals surface area contributed by atoms with Crippen LogP contribution in [0.2, 0.25) is 0 Å². The summed E-state index contributed by atoms with van der Waals surface area (Å²) in [6.45, 7) is 0.441. The van der Waals surface area contributed by atoms with Crippen LogP contribution in [0.1, 0.15) is 36.1 Å². The SMILES string of the molecule is COC(=O)[C@](CCCCN)(N(C(=O)OCc1ccccc1)C(=O)[C@@H]1Cc2c([nH]c3ccccc23)CN1)[C@@]12C=CC=CC1OCO2. The first-order valence-electron chi connectivity index (χ1n) is 15.2. The van der Waals surface area contributed by atoms with E-state index in [4.69, 9.17) is 24.7 Å². The van der Waals surface area contributed by atoms with Gasteiger partial charge in [0.05, 0.1) is 13.2 Å². The number of allylic oxidation sites excluding steroid dienone is 2. The summed E-state index contributed by atoms with van der Waals surface area (Å²) in [5, 5.41) is 4.29. The maximum atomic E-state index is 14.9. The molecule has 0 saturated carbocycles. The van der Waals surface area contributed by atoms with E-state index in [9.17, 15) is 14.4 Å². The molecule has 3 heterocycles. The Hall–Kier alpha value is -4.29. The van der Waals surface area contributed by atoms with Crippen molar-refractivity contribution in [1.29, 1.82) is 0 Å². The van der Waals surface area contributed by atoms with Gasteiger partial charge in [-0.15, -0.1) is 0 Å². The Labute approximate surface area is 261 Å². The van der Waals surface area contributed by atoms with Crippen LogP contribution in [0, 0.1) is 0 Å². The highest BCUT2D eigenvalue weighted by Gasteiger charge is 2.69. The van der Waals surface area contributed by atoms with Crippen LogP contribution < -0.4 is 11.1 Å². The number of hydrogen-bond donors (Lipinski definition) is 3. The second-order valence-corrected chi connectivity index (χ2v) is 11.5.